The van der Waals surface area contributed by atoms with E-state index in [1.165, 1.54) is 0 Å². The zero-order chi connectivity index (χ0) is 29.3. The molecule has 2 aromatic heterocycles. The molecule has 41 heavy (non-hydrogen) atoms. The van der Waals surface area contributed by atoms with E-state index in [9.17, 15) is 14.4 Å². The smallest absolute Gasteiger partial charge is 0.257 e. The number of aromatic nitrogens is 3. The number of Topliss-reactive ketones (excluding diaryl/α,β-unsaturated/α-hetero) is 1. The number of aryl methyl sites for hydroxylation is 1. The molecule has 0 aliphatic carbocycles. The van der Waals surface area contributed by atoms with Gasteiger partial charge in [-0.15, -0.1) is 0 Å². The van der Waals surface area contributed by atoms with Crippen LogP contribution in [0.1, 0.15) is 58.7 Å². The maximum absolute atomic E-state index is 13.5. The topological polar surface area (TPSA) is 92.5 Å². The first kappa shape index (κ1) is 28.3. The van der Waals surface area contributed by atoms with Crippen molar-refractivity contribution in [3.05, 3.63) is 77.2 Å². The molecule has 3 heterocycles. The summed E-state index contributed by atoms with van der Waals surface area (Å²) in [6.07, 6.45) is 4.70. The fraction of sp³-hybridized carbons (Fsp3) is 0.375. The fourth-order valence-electron chi connectivity index (χ4n) is 5.43. The summed E-state index contributed by atoms with van der Waals surface area (Å²) in [5.74, 6) is -0.0942. The zero-order valence-corrected chi connectivity index (χ0v) is 24.5. The first-order valence-corrected chi connectivity index (χ1v) is 14.2. The SMILES string of the molecule is CCCC(=O)c1cnn(-c2ccc(NC(=O)c3cn(CC(=O)N4CCN(C)C(C)C4)c4ccc(C)cc34)cc2)c1C. The van der Waals surface area contributed by atoms with Crippen LogP contribution in [0, 0.1) is 13.8 Å². The number of benzene rings is 2. The molecule has 9 heteroatoms. The van der Waals surface area contributed by atoms with Crippen molar-refractivity contribution in [2.24, 2.45) is 0 Å². The third-order valence-electron chi connectivity index (χ3n) is 8.06. The van der Waals surface area contributed by atoms with Crippen LogP contribution < -0.4 is 5.32 Å². The molecule has 1 unspecified atom stereocenters. The van der Waals surface area contributed by atoms with E-state index in [1.807, 2.05) is 72.7 Å². The van der Waals surface area contributed by atoms with E-state index in [-0.39, 0.29) is 24.1 Å². The molecule has 0 spiro atoms. The van der Waals surface area contributed by atoms with Gasteiger partial charge in [0.15, 0.2) is 5.78 Å². The Hall–Kier alpha value is -4.24. The van der Waals surface area contributed by atoms with Crippen LogP contribution >= 0.6 is 0 Å². The highest BCUT2D eigenvalue weighted by atomic mass is 16.2. The van der Waals surface area contributed by atoms with Crippen LogP contribution in [0.5, 0.6) is 0 Å². The maximum atomic E-state index is 13.5. The molecule has 1 N–H and O–H groups in total. The molecule has 2 aromatic carbocycles. The summed E-state index contributed by atoms with van der Waals surface area (Å²) < 4.78 is 3.62. The van der Waals surface area contributed by atoms with Gasteiger partial charge in [0, 0.05) is 54.9 Å². The van der Waals surface area contributed by atoms with Crippen LogP contribution in [0.4, 0.5) is 5.69 Å². The lowest BCUT2D eigenvalue weighted by molar-refractivity contribution is -0.134. The molecule has 1 saturated heterocycles. The Labute approximate surface area is 240 Å². The van der Waals surface area contributed by atoms with Crippen molar-refractivity contribution in [2.45, 2.75) is 53.1 Å². The van der Waals surface area contributed by atoms with Crippen LogP contribution in [0.25, 0.3) is 16.6 Å². The molecule has 0 radical (unpaired) electrons. The van der Waals surface area contributed by atoms with E-state index in [2.05, 4.69) is 29.3 Å². The number of anilines is 1. The van der Waals surface area contributed by atoms with Crippen molar-refractivity contribution in [2.75, 3.05) is 32.0 Å². The molecule has 0 saturated carbocycles. The highest BCUT2D eigenvalue weighted by Gasteiger charge is 2.25. The largest absolute Gasteiger partial charge is 0.338 e. The Bertz CT molecular complexity index is 1600. The number of likely N-dealkylation sites (N-methyl/N-ethyl adjacent to an activating group) is 1. The summed E-state index contributed by atoms with van der Waals surface area (Å²) >= 11 is 0. The second-order valence-corrected chi connectivity index (χ2v) is 11.1. The summed E-state index contributed by atoms with van der Waals surface area (Å²) in [4.78, 5) is 43.2. The van der Waals surface area contributed by atoms with Crippen LogP contribution in [0.2, 0.25) is 0 Å². The Kier molecular flexibility index (Phi) is 8.08. The number of amides is 2. The van der Waals surface area contributed by atoms with Gasteiger partial charge in [-0.1, -0.05) is 18.6 Å². The van der Waals surface area contributed by atoms with Crippen molar-refractivity contribution in [1.29, 1.82) is 0 Å². The van der Waals surface area contributed by atoms with E-state index in [1.54, 1.807) is 17.1 Å². The zero-order valence-electron chi connectivity index (χ0n) is 24.5. The molecule has 0 bridgehead atoms. The van der Waals surface area contributed by atoms with Gasteiger partial charge in [-0.3, -0.25) is 14.4 Å². The van der Waals surface area contributed by atoms with E-state index < -0.39 is 0 Å². The number of ketones is 1. The first-order valence-electron chi connectivity index (χ1n) is 14.2. The van der Waals surface area contributed by atoms with Gasteiger partial charge >= 0.3 is 0 Å². The van der Waals surface area contributed by atoms with Gasteiger partial charge in [-0.25, -0.2) is 4.68 Å². The average molecular weight is 555 g/mol. The molecule has 214 valence electrons. The van der Waals surface area contributed by atoms with E-state index in [0.717, 1.165) is 40.8 Å². The molecule has 2 amide bonds. The van der Waals surface area contributed by atoms with Gasteiger partial charge in [0.2, 0.25) is 5.91 Å². The van der Waals surface area contributed by atoms with Gasteiger partial charge in [0.05, 0.1) is 28.7 Å². The minimum absolute atomic E-state index is 0.0541. The summed E-state index contributed by atoms with van der Waals surface area (Å²) in [5, 5.41) is 8.23. The summed E-state index contributed by atoms with van der Waals surface area (Å²) in [6.45, 7) is 10.4. The van der Waals surface area contributed by atoms with Gasteiger partial charge in [0.1, 0.15) is 6.54 Å². The molecule has 1 aliphatic heterocycles. The number of piperazine rings is 1. The lowest BCUT2D eigenvalue weighted by Crippen LogP contribution is -2.52. The number of fused-ring (bicyclic) bond motifs is 1. The minimum Gasteiger partial charge on any atom is -0.338 e. The van der Waals surface area contributed by atoms with Crippen molar-refractivity contribution in [1.82, 2.24) is 24.1 Å². The average Bonchev–Trinajstić information content (AvgIpc) is 3.50. The number of nitrogens with one attached hydrogen (secondary N) is 1. The quantitative estimate of drug-likeness (QED) is 0.315. The van der Waals surface area contributed by atoms with Gasteiger partial charge in [-0.05, 0) is 70.6 Å². The van der Waals surface area contributed by atoms with Crippen LogP contribution in [-0.2, 0) is 11.3 Å². The Morgan fingerprint density at radius 3 is 2.49 bits per heavy atom. The van der Waals surface area contributed by atoms with Crippen molar-refractivity contribution >= 4 is 34.2 Å². The molecular weight excluding hydrogens is 516 g/mol. The van der Waals surface area contributed by atoms with Crippen LogP contribution in [-0.4, -0.2) is 74.5 Å². The minimum atomic E-state index is -0.240. The summed E-state index contributed by atoms with van der Waals surface area (Å²) in [6, 6.07) is 13.7. The van der Waals surface area contributed by atoms with E-state index >= 15 is 0 Å². The lowest BCUT2D eigenvalue weighted by atomic mass is 10.1. The monoisotopic (exact) mass is 554 g/mol. The Balaban J connectivity index is 1.34. The maximum Gasteiger partial charge on any atom is 0.257 e. The number of carbonyl (C=O) groups excluding carboxylic acids is 3. The predicted octanol–water partition coefficient (Wildman–Crippen LogP) is 4.84. The number of hydrogen-bond acceptors (Lipinski definition) is 5. The third-order valence-corrected chi connectivity index (χ3v) is 8.06. The molecular formula is C32H38N6O3. The van der Waals surface area contributed by atoms with Crippen molar-refractivity contribution in [3.8, 4) is 5.69 Å². The first-order chi connectivity index (χ1) is 19.7. The second kappa shape index (κ2) is 11.7. The van der Waals surface area contributed by atoms with E-state index in [4.69, 9.17) is 0 Å². The second-order valence-electron chi connectivity index (χ2n) is 11.1. The number of carbonyl (C=O) groups is 3. The van der Waals surface area contributed by atoms with Gasteiger partial charge < -0.3 is 19.7 Å². The fourth-order valence-corrected chi connectivity index (χ4v) is 5.43. The van der Waals surface area contributed by atoms with E-state index in [0.29, 0.717) is 42.4 Å². The van der Waals surface area contributed by atoms with Gasteiger partial charge in [-0.2, -0.15) is 5.10 Å². The Morgan fingerprint density at radius 2 is 1.78 bits per heavy atom. The van der Waals surface area contributed by atoms with Gasteiger partial charge in [0.25, 0.3) is 5.91 Å². The normalized spacial score (nSPS) is 15.8. The molecule has 9 nitrogen and oxygen atoms in total. The number of nitrogens with zero attached hydrogens (tertiary/aromatic N) is 5. The molecule has 5 rings (SSSR count). The van der Waals surface area contributed by atoms with Crippen LogP contribution in [0.15, 0.2) is 54.9 Å². The highest BCUT2D eigenvalue weighted by Crippen LogP contribution is 2.25. The van der Waals surface area contributed by atoms with Crippen molar-refractivity contribution in [3.63, 3.8) is 0 Å². The number of hydrogen-bond donors (Lipinski definition) is 1. The number of rotatable bonds is 8. The molecule has 1 fully saturated rings. The van der Waals surface area contributed by atoms with Crippen molar-refractivity contribution < 1.29 is 14.4 Å². The standard InChI is InChI=1S/C32H38N6O3/c1-6-7-30(39)27-17-33-38(23(27)4)25-11-9-24(10-12-25)34-32(41)28-19-37(29-13-8-21(2)16-26(28)29)20-31(40)36-15-14-35(5)22(3)18-36/h8-13,16-17,19,22H,6-7,14-15,18,20H2,1-5H3,(H,34,41). The molecule has 4 aromatic rings. The predicted molar refractivity (Wildman–Crippen MR) is 161 cm³/mol. The highest BCUT2D eigenvalue weighted by molar-refractivity contribution is 6.13. The van der Waals surface area contributed by atoms with Crippen LogP contribution in [0.3, 0.4) is 0 Å². The lowest BCUT2D eigenvalue weighted by Gasteiger charge is -2.37. The molecule has 1 atom stereocenters. The Morgan fingerprint density at radius 1 is 1.02 bits per heavy atom. The summed E-state index contributed by atoms with van der Waals surface area (Å²) in [5.41, 5.74) is 5.30. The summed E-state index contributed by atoms with van der Waals surface area (Å²) in [7, 11) is 2.08. The molecule has 1 aliphatic rings. The third kappa shape index (κ3) is 5.81.